The van der Waals surface area contributed by atoms with Crippen molar-refractivity contribution in [1.82, 2.24) is 10.3 Å². The van der Waals surface area contributed by atoms with E-state index >= 15 is 0 Å². The third-order valence-corrected chi connectivity index (χ3v) is 4.77. The fourth-order valence-corrected chi connectivity index (χ4v) is 3.08. The van der Waals surface area contributed by atoms with Crippen molar-refractivity contribution in [3.8, 4) is 0 Å². The highest BCUT2D eigenvalue weighted by molar-refractivity contribution is 6.30. The van der Waals surface area contributed by atoms with Crippen LogP contribution in [0, 0.1) is 5.92 Å². The smallest absolute Gasteiger partial charge is 0.294 e. The Bertz CT molecular complexity index is 1110. The molecule has 3 amide bonds. The Hall–Kier alpha value is -3.39. The average Bonchev–Trinajstić information content (AvgIpc) is 3.12. The summed E-state index contributed by atoms with van der Waals surface area (Å²) < 4.78 is 5.71. The molecule has 0 atom stereocenters. The molecule has 0 spiro atoms. The number of benzene rings is 1. The predicted molar refractivity (Wildman–Crippen MR) is 124 cm³/mol. The lowest BCUT2D eigenvalue weighted by Crippen LogP contribution is -2.27. The maximum absolute atomic E-state index is 12.8. The van der Waals surface area contributed by atoms with E-state index in [-0.39, 0.29) is 36.1 Å². The first-order valence-electron chi connectivity index (χ1n) is 10.3. The molecule has 9 heteroatoms. The van der Waals surface area contributed by atoms with E-state index in [9.17, 15) is 14.4 Å². The number of hydrogen-bond acceptors (Lipinski definition) is 5. The van der Waals surface area contributed by atoms with Crippen molar-refractivity contribution in [2.24, 2.45) is 5.92 Å². The molecule has 168 valence electrons. The van der Waals surface area contributed by atoms with E-state index in [1.165, 1.54) is 6.20 Å². The molecule has 3 rings (SSSR count). The standard InChI is InChI=1S/C23H25ClN4O4/c1-14(2)12-26-19(29)8-5-9-20(30)28-21-16-6-3-4-7-17(16)32-22(21)23(31)27-18-11-10-15(24)13-25-18/h3-4,6-7,10-11,13-14H,5,8-9,12H2,1-2H3,(H,26,29)(H,28,30)(H,25,27,31). The number of hydrogen-bond donors (Lipinski definition) is 3. The van der Waals surface area contributed by atoms with Crippen molar-refractivity contribution >= 4 is 51.8 Å². The Balaban J connectivity index is 1.68. The summed E-state index contributed by atoms with van der Waals surface area (Å²) in [6.45, 7) is 4.63. The van der Waals surface area contributed by atoms with E-state index in [2.05, 4.69) is 20.9 Å². The third kappa shape index (κ3) is 6.31. The number of amides is 3. The molecule has 0 aliphatic carbocycles. The molecule has 1 aromatic carbocycles. The summed E-state index contributed by atoms with van der Waals surface area (Å²) in [7, 11) is 0. The van der Waals surface area contributed by atoms with Gasteiger partial charge in [0.1, 0.15) is 17.1 Å². The van der Waals surface area contributed by atoms with Crippen molar-refractivity contribution in [3.63, 3.8) is 0 Å². The van der Waals surface area contributed by atoms with E-state index in [1.807, 2.05) is 13.8 Å². The maximum atomic E-state index is 12.8. The highest BCUT2D eigenvalue weighted by atomic mass is 35.5. The summed E-state index contributed by atoms with van der Waals surface area (Å²) in [5.74, 6) is -0.332. The van der Waals surface area contributed by atoms with Crippen LogP contribution in [0.5, 0.6) is 0 Å². The normalized spacial score (nSPS) is 10.9. The molecule has 0 aliphatic rings. The quantitative estimate of drug-likeness (QED) is 0.435. The van der Waals surface area contributed by atoms with Gasteiger partial charge in [0.2, 0.25) is 17.6 Å². The van der Waals surface area contributed by atoms with Crippen molar-refractivity contribution < 1.29 is 18.8 Å². The summed E-state index contributed by atoms with van der Waals surface area (Å²) in [4.78, 5) is 41.2. The molecule has 0 radical (unpaired) electrons. The molecule has 3 aromatic rings. The van der Waals surface area contributed by atoms with Crippen LogP contribution in [0.2, 0.25) is 5.02 Å². The van der Waals surface area contributed by atoms with Crippen LogP contribution in [0.3, 0.4) is 0 Å². The fourth-order valence-electron chi connectivity index (χ4n) is 2.97. The summed E-state index contributed by atoms with van der Waals surface area (Å²) in [6, 6.07) is 10.2. The summed E-state index contributed by atoms with van der Waals surface area (Å²) in [5.41, 5.74) is 0.742. The number of aromatic nitrogens is 1. The first-order valence-corrected chi connectivity index (χ1v) is 10.7. The predicted octanol–water partition coefficient (Wildman–Crippen LogP) is 4.61. The summed E-state index contributed by atoms with van der Waals surface area (Å²) in [6.07, 6.45) is 2.19. The maximum Gasteiger partial charge on any atom is 0.294 e. The molecule has 0 bridgehead atoms. The number of pyridine rings is 1. The topological polar surface area (TPSA) is 113 Å². The highest BCUT2D eigenvalue weighted by Gasteiger charge is 2.22. The second-order valence-electron chi connectivity index (χ2n) is 7.72. The lowest BCUT2D eigenvalue weighted by molar-refractivity contribution is -0.121. The zero-order chi connectivity index (χ0) is 23.1. The van der Waals surface area contributed by atoms with Crippen LogP contribution >= 0.6 is 11.6 Å². The minimum absolute atomic E-state index is 0.0361. The average molecular weight is 457 g/mol. The van der Waals surface area contributed by atoms with E-state index in [1.54, 1.807) is 36.4 Å². The van der Waals surface area contributed by atoms with Crippen molar-refractivity contribution in [2.45, 2.75) is 33.1 Å². The molecule has 8 nitrogen and oxygen atoms in total. The van der Waals surface area contributed by atoms with Gasteiger partial charge in [-0.25, -0.2) is 4.98 Å². The van der Waals surface area contributed by atoms with Crippen molar-refractivity contribution in [1.29, 1.82) is 0 Å². The van der Waals surface area contributed by atoms with Gasteiger partial charge in [-0.2, -0.15) is 0 Å². The minimum Gasteiger partial charge on any atom is -0.449 e. The van der Waals surface area contributed by atoms with Gasteiger partial charge in [-0.3, -0.25) is 14.4 Å². The number of anilines is 2. The molecule has 0 saturated carbocycles. The molecule has 32 heavy (non-hydrogen) atoms. The van der Waals surface area contributed by atoms with Crippen molar-refractivity contribution in [3.05, 3.63) is 53.4 Å². The first-order chi connectivity index (χ1) is 15.3. The van der Waals surface area contributed by atoms with Gasteiger partial charge in [0.15, 0.2) is 0 Å². The van der Waals surface area contributed by atoms with Gasteiger partial charge in [-0.1, -0.05) is 37.6 Å². The Morgan fingerprint density at radius 1 is 1.03 bits per heavy atom. The van der Waals surface area contributed by atoms with Crippen LogP contribution in [0.4, 0.5) is 11.5 Å². The van der Waals surface area contributed by atoms with E-state index < -0.39 is 5.91 Å². The molecule has 2 heterocycles. The number of rotatable bonds is 9. The van der Waals surface area contributed by atoms with Crippen LogP contribution in [0.1, 0.15) is 43.7 Å². The molecule has 0 fully saturated rings. The third-order valence-electron chi connectivity index (χ3n) is 4.55. The zero-order valence-electron chi connectivity index (χ0n) is 17.9. The minimum atomic E-state index is -0.556. The van der Waals surface area contributed by atoms with E-state index in [0.29, 0.717) is 40.7 Å². The fraction of sp³-hybridized carbons (Fsp3) is 0.304. The van der Waals surface area contributed by atoms with Gasteiger partial charge in [0, 0.05) is 31.0 Å². The molecule has 0 aliphatic heterocycles. The molecule has 2 aromatic heterocycles. The molecule has 0 unspecified atom stereocenters. The Morgan fingerprint density at radius 2 is 1.78 bits per heavy atom. The second-order valence-corrected chi connectivity index (χ2v) is 8.15. The second kappa shape index (κ2) is 10.8. The SMILES string of the molecule is CC(C)CNC(=O)CCCC(=O)Nc1c(C(=O)Nc2ccc(Cl)cn2)oc2ccccc12. The molecule has 0 saturated heterocycles. The number of halogens is 1. The van der Waals surface area contributed by atoms with Crippen LogP contribution in [-0.4, -0.2) is 29.3 Å². The van der Waals surface area contributed by atoms with Gasteiger partial charge >= 0.3 is 0 Å². The number of para-hydroxylation sites is 1. The van der Waals surface area contributed by atoms with Gasteiger partial charge in [0.05, 0.1) is 5.02 Å². The van der Waals surface area contributed by atoms with Crippen molar-refractivity contribution in [2.75, 3.05) is 17.2 Å². The van der Waals surface area contributed by atoms with Gasteiger partial charge in [-0.15, -0.1) is 0 Å². The number of carbonyl (C=O) groups excluding carboxylic acids is 3. The van der Waals surface area contributed by atoms with Crippen LogP contribution in [0.25, 0.3) is 11.0 Å². The van der Waals surface area contributed by atoms with Crippen LogP contribution < -0.4 is 16.0 Å². The highest BCUT2D eigenvalue weighted by Crippen LogP contribution is 2.31. The summed E-state index contributed by atoms with van der Waals surface area (Å²) in [5, 5.41) is 9.27. The lowest BCUT2D eigenvalue weighted by Gasteiger charge is -2.08. The lowest BCUT2D eigenvalue weighted by atomic mass is 10.1. The number of nitrogens with zero attached hydrogens (tertiary/aromatic N) is 1. The molecular weight excluding hydrogens is 432 g/mol. The van der Waals surface area contributed by atoms with Gasteiger partial charge in [-0.05, 0) is 36.6 Å². The van der Waals surface area contributed by atoms with Crippen LogP contribution in [-0.2, 0) is 9.59 Å². The zero-order valence-corrected chi connectivity index (χ0v) is 18.7. The monoisotopic (exact) mass is 456 g/mol. The number of carbonyl (C=O) groups is 3. The van der Waals surface area contributed by atoms with E-state index in [4.69, 9.17) is 16.0 Å². The summed E-state index contributed by atoms with van der Waals surface area (Å²) >= 11 is 5.83. The first kappa shape index (κ1) is 23.3. The van der Waals surface area contributed by atoms with E-state index in [0.717, 1.165) is 0 Å². The molecule has 3 N–H and O–H groups in total. The number of furan rings is 1. The largest absolute Gasteiger partial charge is 0.449 e. The van der Waals surface area contributed by atoms with Crippen LogP contribution in [0.15, 0.2) is 47.0 Å². The Kier molecular flexibility index (Phi) is 7.83. The van der Waals surface area contributed by atoms with Gasteiger partial charge < -0.3 is 20.4 Å². The van der Waals surface area contributed by atoms with Gasteiger partial charge in [0.25, 0.3) is 5.91 Å². The number of nitrogens with one attached hydrogen (secondary N) is 3. The Labute approximate surface area is 190 Å². The number of fused-ring (bicyclic) bond motifs is 1. The molecular formula is C23H25ClN4O4. The Morgan fingerprint density at radius 3 is 2.50 bits per heavy atom.